The Morgan fingerprint density at radius 1 is 1.50 bits per heavy atom. The lowest BCUT2D eigenvalue weighted by atomic mass is 9.93. The van der Waals surface area contributed by atoms with Crippen molar-refractivity contribution in [1.29, 1.82) is 0 Å². The third kappa shape index (κ3) is 3.42. The van der Waals surface area contributed by atoms with Crippen LogP contribution >= 0.6 is 0 Å². The Labute approximate surface area is 119 Å². The first kappa shape index (κ1) is 14.7. The predicted molar refractivity (Wildman–Crippen MR) is 77.9 cm³/mol. The van der Waals surface area contributed by atoms with E-state index in [2.05, 4.69) is 5.32 Å². The van der Waals surface area contributed by atoms with Crippen molar-refractivity contribution in [2.75, 3.05) is 19.5 Å². The van der Waals surface area contributed by atoms with E-state index in [4.69, 9.17) is 15.2 Å². The highest BCUT2D eigenvalue weighted by Gasteiger charge is 2.30. The van der Waals surface area contributed by atoms with Gasteiger partial charge in [-0.3, -0.25) is 4.79 Å². The Morgan fingerprint density at radius 2 is 2.25 bits per heavy atom. The molecule has 1 fully saturated rings. The second kappa shape index (κ2) is 5.71. The van der Waals surface area contributed by atoms with Gasteiger partial charge < -0.3 is 20.5 Å². The minimum Gasteiger partial charge on any atom is -0.497 e. The maximum atomic E-state index is 12.3. The van der Waals surface area contributed by atoms with Crippen molar-refractivity contribution in [2.24, 2.45) is 0 Å². The number of ether oxygens (including phenoxy) is 2. The zero-order valence-electron chi connectivity index (χ0n) is 12.2. The van der Waals surface area contributed by atoms with Gasteiger partial charge in [0.05, 0.1) is 18.3 Å². The van der Waals surface area contributed by atoms with Gasteiger partial charge in [-0.05, 0) is 44.9 Å². The summed E-state index contributed by atoms with van der Waals surface area (Å²) < 4.78 is 10.8. The number of carbonyl (C=O) groups excluding carboxylic acids is 1. The van der Waals surface area contributed by atoms with Gasteiger partial charge in [-0.1, -0.05) is 0 Å². The average molecular weight is 278 g/mol. The summed E-state index contributed by atoms with van der Waals surface area (Å²) >= 11 is 0. The molecule has 1 aromatic rings. The molecule has 0 aromatic heterocycles. The van der Waals surface area contributed by atoms with Crippen LogP contribution in [0.25, 0.3) is 0 Å². The molecule has 1 atom stereocenters. The predicted octanol–water partition coefficient (Wildman–Crippen LogP) is 1.96. The van der Waals surface area contributed by atoms with Crippen LogP contribution in [0.3, 0.4) is 0 Å². The molecule has 5 nitrogen and oxygen atoms in total. The minimum absolute atomic E-state index is 0.108. The molecule has 2 rings (SSSR count). The van der Waals surface area contributed by atoms with Crippen LogP contribution < -0.4 is 15.8 Å². The van der Waals surface area contributed by atoms with Crippen molar-refractivity contribution in [3.63, 3.8) is 0 Å². The average Bonchev–Trinajstić information content (AvgIpc) is 2.38. The van der Waals surface area contributed by atoms with E-state index < -0.39 is 0 Å². The largest absolute Gasteiger partial charge is 0.497 e. The molecule has 1 amide bonds. The van der Waals surface area contributed by atoms with Crippen LogP contribution in [0.2, 0.25) is 0 Å². The quantitative estimate of drug-likeness (QED) is 0.829. The van der Waals surface area contributed by atoms with Gasteiger partial charge in [0.25, 0.3) is 5.91 Å². The number of hydrogen-bond donors (Lipinski definition) is 2. The molecule has 1 unspecified atom stereocenters. The SMILES string of the molecule is COc1ccc(N)c(C(=O)NC2CCOC(C)(C)C2)c1. The first-order chi connectivity index (χ1) is 9.41. The zero-order valence-corrected chi connectivity index (χ0v) is 12.2. The third-order valence-corrected chi connectivity index (χ3v) is 3.54. The van der Waals surface area contributed by atoms with Crippen molar-refractivity contribution >= 4 is 11.6 Å². The Balaban J connectivity index is 2.08. The van der Waals surface area contributed by atoms with E-state index in [0.717, 1.165) is 12.8 Å². The van der Waals surface area contributed by atoms with Crippen LogP contribution in [0, 0.1) is 0 Å². The number of carbonyl (C=O) groups is 1. The van der Waals surface area contributed by atoms with Crippen LogP contribution in [0.1, 0.15) is 37.0 Å². The van der Waals surface area contributed by atoms with E-state index in [0.29, 0.717) is 23.6 Å². The minimum atomic E-state index is -0.198. The molecule has 0 aliphatic carbocycles. The topological polar surface area (TPSA) is 73.6 Å². The van der Waals surface area contributed by atoms with Gasteiger partial charge in [0.2, 0.25) is 0 Å². The van der Waals surface area contributed by atoms with Gasteiger partial charge in [-0.2, -0.15) is 0 Å². The Hall–Kier alpha value is -1.75. The highest BCUT2D eigenvalue weighted by Crippen LogP contribution is 2.25. The lowest BCUT2D eigenvalue weighted by Crippen LogP contribution is -2.45. The molecule has 0 radical (unpaired) electrons. The summed E-state index contributed by atoms with van der Waals surface area (Å²) in [4.78, 5) is 12.3. The molecule has 5 heteroatoms. The number of benzene rings is 1. The third-order valence-electron chi connectivity index (χ3n) is 3.54. The number of anilines is 1. The maximum Gasteiger partial charge on any atom is 0.253 e. The van der Waals surface area contributed by atoms with Gasteiger partial charge in [0.1, 0.15) is 5.75 Å². The van der Waals surface area contributed by atoms with Gasteiger partial charge >= 0.3 is 0 Å². The van der Waals surface area contributed by atoms with Gasteiger partial charge in [0.15, 0.2) is 0 Å². The molecule has 3 N–H and O–H groups in total. The molecule has 1 saturated heterocycles. The van der Waals surface area contributed by atoms with Crippen molar-refractivity contribution in [3.8, 4) is 5.75 Å². The van der Waals surface area contributed by atoms with Gasteiger partial charge in [-0.15, -0.1) is 0 Å². The summed E-state index contributed by atoms with van der Waals surface area (Å²) in [6.07, 6.45) is 1.61. The molecule has 0 spiro atoms. The summed E-state index contributed by atoms with van der Waals surface area (Å²) in [6.45, 7) is 4.72. The van der Waals surface area contributed by atoms with Gasteiger partial charge in [-0.25, -0.2) is 0 Å². The van der Waals surface area contributed by atoms with E-state index in [9.17, 15) is 4.79 Å². The molecule has 20 heavy (non-hydrogen) atoms. The molecule has 1 aliphatic heterocycles. The van der Waals surface area contributed by atoms with Crippen molar-refractivity contribution in [2.45, 2.75) is 38.3 Å². The summed E-state index contributed by atoms with van der Waals surface area (Å²) in [6, 6.07) is 5.19. The fourth-order valence-electron chi connectivity index (χ4n) is 2.48. The smallest absolute Gasteiger partial charge is 0.253 e. The molecule has 110 valence electrons. The van der Waals surface area contributed by atoms with Crippen LogP contribution in [-0.4, -0.2) is 31.3 Å². The summed E-state index contributed by atoms with van der Waals surface area (Å²) in [5, 5.41) is 3.03. The fourth-order valence-corrected chi connectivity index (χ4v) is 2.48. The van der Waals surface area contributed by atoms with E-state index in [-0.39, 0.29) is 17.6 Å². The van der Waals surface area contributed by atoms with E-state index >= 15 is 0 Å². The Morgan fingerprint density at radius 3 is 2.90 bits per heavy atom. The second-order valence-corrected chi connectivity index (χ2v) is 5.72. The number of rotatable bonds is 3. The maximum absolute atomic E-state index is 12.3. The highest BCUT2D eigenvalue weighted by molar-refractivity contribution is 5.99. The number of nitrogen functional groups attached to an aromatic ring is 1. The van der Waals surface area contributed by atoms with Crippen LogP contribution in [0.5, 0.6) is 5.75 Å². The summed E-state index contributed by atoms with van der Waals surface area (Å²) in [5.74, 6) is 0.459. The lowest BCUT2D eigenvalue weighted by Gasteiger charge is -2.35. The van der Waals surface area contributed by atoms with E-state index in [1.54, 1.807) is 25.3 Å². The van der Waals surface area contributed by atoms with Crippen LogP contribution in [-0.2, 0) is 4.74 Å². The molecule has 0 saturated carbocycles. The summed E-state index contributed by atoms with van der Waals surface area (Å²) in [5.41, 5.74) is 6.57. The molecule has 1 aliphatic rings. The van der Waals surface area contributed by atoms with Crippen molar-refractivity contribution in [3.05, 3.63) is 23.8 Å². The van der Waals surface area contributed by atoms with Crippen molar-refractivity contribution < 1.29 is 14.3 Å². The first-order valence-corrected chi connectivity index (χ1v) is 6.79. The van der Waals surface area contributed by atoms with Crippen LogP contribution in [0.4, 0.5) is 5.69 Å². The number of nitrogens with one attached hydrogen (secondary N) is 1. The standard InChI is InChI=1S/C15H22N2O3/c1-15(2)9-10(6-7-20-15)17-14(18)12-8-11(19-3)4-5-13(12)16/h4-5,8,10H,6-7,9,16H2,1-3H3,(H,17,18). The van der Waals surface area contributed by atoms with E-state index in [1.807, 2.05) is 13.8 Å². The fraction of sp³-hybridized carbons (Fsp3) is 0.533. The molecular weight excluding hydrogens is 256 g/mol. The second-order valence-electron chi connectivity index (χ2n) is 5.72. The van der Waals surface area contributed by atoms with Crippen molar-refractivity contribution in [1.82, 2.24) is 5.32 Å². The Kier molecular flexibility index (Phi) is 4.18. The molecule has 1 aromatic carbocycles. The number of hydrogen-bond acceptors (Lipinski definition) is 4. The molecule has 1 heterocycles. The Bertz CT molecular complexity index is 500. The van der Waals surface area contributed by atoms with Crippen LogP contribution in [0.15, 0.2) is 18.2 Å². The van der Waals surface area contributed by atoms with Gasteiger partial charge in [0, 0.05) is 18.3 Å². The number of nitrogens with two attached hydrogens (primary N) is 1. The van der Waals surface area contributed by atoms with E-state index in [1.165, 1.54) is 0 Å². The lowest BCUT2D eigenvalue weighted by molar-refractivity contribution is -0.0615. The summed E-state index contributed by atoms with van der Waals surface area (Å²) in [7, 11) is 1.56. The molecule has 0 bridgehead atoms. The molecular formula is C15H22N2O3. The number of amides is 1. The zero-order chi connectivity index (χ0) is 14.8. The highest BCUT2D eigenvalue weighted by atomic mass is 16.5. The first-order valence-electron chi connectivity index (χ1n) is 6.79. The normalized spacial score (nSPS) is 21.2. The number of methoxy groups -OCH3 is 1. The monoisotopic (exact) mass is 278 g/mol.